The van der Waals surface area contributed by atoms with Gasteiger partial charge in [0, 0.05) is 12.0 Å². The minimum atomic E-state index is -0.943. The van der Waals surface area contributed by atoms with Gasteiger partial charge in [-0.3, -0.25) is 9.59 Å². The first-order chi connectivity index (χ1) is 8.87. The van der Waals surface area contributed by atoms with E-state index in [4.69, 9.17) is 0 Å². The highest BCUT2D eigenvalue weighted by Gasteiger charge is 2.38. The topological polar surface area (TPSA) is 66.4 Å². The molecular formula is C16H31NO3. The Bertz CT molecular complexity index is 349. The summed E-state index contributed by atoms with van der Waals surface area (Å²) in [4.78, 5) is 23.6. The number of carbonyl (C=O) groups is 2. The standard InChI is InChI=1S/C16H31NO3/c1-8-16(9-2,13(19)20)10-12(18)17-15(6,7)11-14(3,4)5/h8-11H2,1-7H3,(H,17,18)(H,19,20). The van der Waals surface area contributed by atoms with Crippen LogP contribution in [0, 0.1) is 10.8 Å². The number of hydrogen-bond donors (Lipinski definition) is 2. The lowest BCUT2D eigenvalue weighted by Crippen LogP contribution is -2.48. The summed E-state index contributed by atoms with van der Waals surface area (Å²) < 4.78 is 0. The third-order valence-electron chi connectivity index (χ3n) is 3.76. The van der Waals surface area contributed by atoms with Gasteiger partial charge < -0.3 is 10.4 Å². The van der Waals surface area contributed by atoms with Crippen molar-refractivity contribution in [3.8, 4) is 0 Å². The number of amides is 1. The number of nitrogens with one attached hydrogen (secondary N) is 1. The van der Waals surface area contributed by atoms with E-state index in [1.165, 1.54) is 0 Å². The van der Waals surface area contributed by atoms with Crippen LogP contribution in [0.1, 0.15) is 74.1 Å². The second-order valence-electron chi connectivity index (χ2n) is 7.64. The second-order valence-corrected chi connectivity index (χ2v) is 7.64. The summed E-state index contributed by atoms with van der Waals surface area (Å²) in [6.45, 7) is 14.0. The number of carboxylic acid groups (broad SMARTS) is 1. The summed E-state index contributed by atoms with van der Waals surface area (Å²) in [5.41, 5.74) is -1.17. The van der Waals surface area contributed by atoms with Crippen molar-refractivity contribution in [2.45, 2.75) is 79.7 Å². The molecule has 0 saturated carbocycles. The van der Waals surface area contributed by atoms with Crippen LogP contribution in [0.4, 0.5) is 0 Å². The van der Waals surface area contributed by atoms with Crippen molar-refractivity contribution in [3.63, 3.8) is 0 Å². The van der Waals surface area contributed by atoms with Gasteiger partial charge in [0.05, 0.1) is 5.41 Å². The fraction of sp³-hybridized carbons (Fsp3) is 0.875. The molecule has 118 valence electrons. The van der Waals surface area contributed by atoms with E-state index < -0.39 is 11.4 Å². The molecule has 0 saturated heterocycles. The van der Waals surface area contributed by atoms with E-state index in [-0.39, 0.29) is 23.3 Å². The normalized spacial score (nSPS) is 13.2. The van der Waals surface area contributed by atoms with Gasteiger partial charge in [-0.25, -0.2) is 0 Å². The molecule has 1 amide bonds. The summed E-state index contributed by atoms with van der Waals surface area (Å²) >= 11 is 0. The molecule has 2 N–H and O–H groups in total. The van der Waals surface area contributed by atoms with Crippen molar-refractivity contribution in [1.29, 1.82) is 0 Å². The molecule has 0 aromatic carbocycles. The zero-order chi connectivity index (χ0) is 16.2. The Morgan fingerprint density at radius 3 is 1.75 bits per heavy atom. The van der Waals surface area contributed by atoms with Crippen molar-refractivity contribution in [2.24, 2.45) is 10.8 Å². The van der Waals surface area contributed by atoms with Gasteiger partial charge in [-0.15, -0.1) is 0 Å². The van der Waals surface area contributed by atoms with Gasteiger partial charge >= 0.3 is 5.97 Å². The third kappa shape index (κ3) is 5.93. The van der Waals surface area contributed by atoms with Gasteiger partial charge in [0.15, 0.2) is 0 Å². The van der Waals surface area contributed by atoms with E-state index in [9.17, 15) is 14.7 Å². The zero-order valence-corrected chi connectivity index (χ0v) is 14.1. The van der Waals surface area contributed by atoms with Gasteiger partial charge in [-0.1, -0.05) is 34.6 Å². The van der Waals surface area contributed by atoms with Crippen molar-refractivity contribution in [1.82, 2.24) is 5.32 Å². The first-order valence-corrected chi connectivity index (χ1v) is 7.42. The average Bonchev–Trinajstić information content (AvgIpc) is 2.21. The molecule has 0 bridgehead atoms. The maximum absolute atomic E-state index is 12.2. The molecule has 0 aromatic heterocycles. The van der Waals surface area contributed by atoms with Gasteiger partial charge in [0.1, 0.15) is 0 Å². The number of hydrogen-bond acceptors (Lipinski definition) is 2. The highest BCUT2D eigenvalue weighted by atomic mass is 16.4. The summed E-state index contributed by atoms with van der Waals surface area (Å²) in [7, 11) is 0. The van der Waals surface area contributed by atoms with E-state index in [0.29, 0.717) is 12.8 Å². The molecule has 0 heterocycles. The Morgan fingerprint density at radius 1 is 1.00 bits per heavy atom. The summed E-state index contributed by atoms with van der Waals surface area (Å²) in [6, 6.07) is 0. The van der Waals surface area contributed by atoms with Gasteiger partial charge in [-0.05, 0) is 38.5 Å². The molecule has 20 heavy (non-hydrogen) atoms. The maximum Gasteiger partial charge on any atom is 0.310 e. The zero-order valence-electron chi connectivity index (χ0n) is 14.1. The Kier molecular flexibility index (Phi) is 6.25. The van der Waals surface area contributed by atoms with Crippen LogP contribution in [0.2, 0.25) is 0 Å². The van der Waals surface area contributed by atoms with Crippen molar-refractivity contribution >= 4 is 11.9 Å². The fourth-order valence-corrected chi connectivity index (χ4v) is 2.98. The van der Waals surface area contributed by atoms with Crippen LogP contribution in [0.3, 0.4) is 0 Å². The molecule has 0 spiro atoms. The smallest absolute Gasteiger partial charge is 0.310 e. The Labute approximate surface area is 123 Å². The quantitative estimate of drug-likeness (QED) is 0.751. The molecule has 4 heteroatoms. The Balaban J connectivity index is 4.82. The predicted molar refractivity (Wildman–Crippen MR) is 81.6 cm³/mol. The van der Waals surface area contributed by atoms with Crippen LogP contribution < -0.4 is 5.32 Å². The molecule has 0 aromatic rings. The van der Waals surface area contributed by atoms with Crippen LogP contribution in [0.5, 0.6) is 0 Å². The summed E-state index contributed by atoms with van der Waals surface area (Å²) in [6.07, 6.45) is 1.81. The largest absolute Gasteiger partial charge is 0.481 e. The molecule has 0 radical (unpaired) electrons. The lowest BCUT2D eigenvalue weighted by molar-refractivity contribution is -0.152. The molecule has 0 unspecified atom stereocenters. The SMILES string of the molecule is CCC(CC)(CC(=O)NC(C)(C)CC(C)(C)C)C(=O)O. The van der Waals surface area contributed by atoms with Crippen molar-refractivity contribution in [2.75, 3.05) is 0 Å². The summed E-state index contributed by atoms with van der Waals surface area (Å²) in [5.74, 6) is -1.06. The molecule has 0 aliphatic carbocycles. The Morgan fingerprint density at radius 2 is 1.45 bits per heavy atom. The number of carbonyl (C=O) groups excluding carboxylic acids is 1. The molecule has 0 fully saturated rings. The van der Waals surface area contributed by atoms with Gasteiger partial charge in [0.25, 0.3) is 0 Å². The second kappa shape index (κ2) is 6.59. The lowest BCUT2D eigenvalue weighted by atomic mass is 9.78. The van der Waals surface area contributed by atoms with E-state index in [1.54, 1.807) is 0 Å². The highest BCUT2D eigenvalue weighted by Crippen LogP contribution is 2.32. The van der Waals surface area contributed by atoms with E-state index in [1.807, 2.05) is 27.7 Å². The van der Waals surface area contributed by atoms with E-state index in [2.05, 4.69) is 26.1 Å². The fourth-order valence-electron chi connectivity index (χ4n) is 2.98. The number of carboxylic acids is 1. The highest BCUT2D eigenvalue weighted by molar-refractivity contribution is 5.85. The van der Waals surface area contributed by atoms with E-state index >= 15 is 0 Å². The molecule has 0 rings (SSSR count). The molecule has 0 aliphatic heterocycles. The molecule has 0 aliphatic rings. The number of aliphatic carboxylic acids is 1. The lowest BCUT2D eigenvalue weighted by Gasteiger charge is -2.35. The third-order valence-corrected chi connectivity index (χ3v) is 3.76. The Hall–Kier alpha value is -1.06. The number of rotatable bonds is 7. The first kappa shape index (κ1) is 18.9. The van der Waals surface area contributed by atoms with Crippen LogP contribution >= 0.6 is 0 Å². The van der Waals surface area contributed by atoms with Gasteiger partial charge in [-0.2, -0.15) is 0 Å². The van der Waals surface area contributed by atoms with Crippen LogP contribution in [0.15, 0.2) is 0 Å². The summed E-state index contributed by atoms with van der Waals surface area (Å²) in [5, 5.41) is 12.4. The first-order valence-electron chi connectivity index (χ1n) is 7.42. The minimum absolute atomic E-state index is 0.0445. The molecular weight excluding hydrogens is 254 g/mol. The van der Waals surface area contributed by atoms with Crippen LogP contribution in [0.25, 0.3) is 0 Å². The predicted octanol–water partition coefficient (Wildman–Crippen LogP) is 3.60. The molecule has 0 atom stereocenters. The van der Waals surface area contributed by atoms with E-state index in [0.717, 1.165) is 6.42 Å². The van der Waals surface area contributed by atoms with Crippen molar-refractivity contribution in [3.05, 3.63) is 0 Å². The molecule has 4 nitrogen and oxygen atoms in total. The van der Waals surface area contributed by atoms with Crippen LogP contribution in [-0.4, -0.2) is 22.5 Å². The minimum Gasteiger partial charge on any atom is -0.481 e. The van der Waals surface area contributed by atoms with Crippen LogP contribution in [-0.2, 0) is 9.59 Å². The van der Waals surface area contributed by atoms with Gasteiger partial charge in [0.2, 0.25) is 5.91 Å². The average molecular weight is 285 g/mol. The monoisotopic (exact) mass is 285 g/mol. The van der Waals surface area contributed by atoms with Crippen molar-refractivity contribution < 1.29 is 14.7 Å². The maximum atomic E-state index is 12.2.